The second-order valence-electron chi connectivity index (χ2n) is 6.32. The van der Waals surface area contributed by atoms with E-state index in [-0.39, 0.29) is 23.2 Å². The predicted molar refractivity (Wildman–Crippen MR) is 83.6 cm³/mol. The minimum Gasteiger partial charge on any atom is -0.353 e. The number of carbonyl (C=O) groups excluding carboxylic acids is 1. The van der Waals surface area contributed by atoms with Crippen molar-refractivity contribution in [3.05, 3.63) is 32.6 Å². The van der Waals surface area contributed by atoms with Crippen molar-refractivity contribution < 1.29 is 4.79 Å². The topological polar surface area (TPSA) is 76.3 Å². The summed E-state index contributed by atoms with van der Waals surface area (Å²) in [6, 6.07) is -0.226. The molecule has 1 aliphatic heterocycles. The van der Waals surface area contributed by atoms with E-state index in [1.54, 1.807) is 13.2 Å². The minimum absolute atomic E-state index is 0.0154. The number of nitrogens with zero attached hydrogens (tertiary/aromatic N) is 3. The number of rotatable bonds is 4. The van der Waals surface area contributed by atoms with Gasteiger partial charge in [0.15, 0.2) is 0 Å². The Kier molecular flexibility index (Phi) is 4.85. The van der Waals surface area contributed by atoms with Gasteiger partial charge in [0, 0.05) is 45.5 Å². The number of nitrogens with one attached hydrogen (secondary N) is 1. The van der Waals surface area contributed by atoms with Crippen LogP contribution in [-0.2, 0) is 25.4 Å². The van der Waals surface area contributed by atoms with Gasteiger partial charge in [-0.1, -0.05) is 13.8 Å². The van der Waals surface area contributed by atoms with E-state index in [0.29, 0.717) is 31.1 Å². The molecule has 1 aromatic heterocycles. The fraction of sp³-hybridized carbons (Fsp3) is 0.667. The van der Waals surface area contributed by atoms with E-state index in [0.717, 1.165) is 11.0 Å². The molecule has 0 spiro atoms. The van der Waals surface area contributed by atoms with Crippen LogP contribution in [0, 0.1) is 5.92 Å². The highest BCUT2D eigenvalue weighted by atomic mass is 16.2. The molecule has 0 bridgehead atoms. The molecule has 2 heterocycles. The molecule has 7 nitrogen and oxygen atoms in total. The van der Waals surface area contributed by atoms with Gasteiger partial charge in [-0.25, -0.2) is 4.79 Å². The molecule has 0 radical (unpaired) electrons. The zero-order valence-electron chi connectivity index (χ0n) is 13.6. The van der Waals surface area contributed by atoms with Crippen molar-refractivity contribution in [2.75, 3.05) is 13.1 Å². The number of hydrogen-bond donors (Lipinski definition) is 1. The first-order valence-corrected chi connectivity index (χ1v) is 7.58. The molecule has 0 unspecified atom stereocenters. The largest absolute Gasteiger partial charge is 0.353 e. The summed E-state index contributed by atoms with van der Waals surface area (Å²) in [6.07, 6.45) is 2.32. The summed E-state index contributed by atoms with van der Waals surface area (Å²) in [4.78, 5) is 38.1. The van der Waals surface area contributed by atoms with Gasteiger partial charge in [0.05, 0.1) is 6.04 Å². The molecular weight excluding hydrogens is 284 g/mol. The van der Waals surface area contributed by atoms with Crippen molar-refractivity contribution in [1.29, 1.82) is 0 Å². The van der Waals surface area contributed by atoms with Crippen LogP contribution in [0.3, 0.4) is 0 Å². The number of aromatic nitrogens is 2. The molecule has 1 N–H and O–H groups in total. The molecule has 22 heavy (non-hydrogen) atoms. The lowest BCUT2D eigenvalue weighted by Crippen LogP contribution is -2.55. The van der Waals surface area contributed by atoms with Gasteiger partial charge in [-0.15, -0.1) is 0 Å². The molecule has 1 fully saturated rings. The van der Waals surface area contributed by atoms with Gasteiger partial charge in [-0.3, -0.25) is 19.1 Å². The van der Waals surface area contributed by atoms with Crippen molar-refractivity contribution in [2.45, 2.75) is 32.9 Å². The SMILES string of the molecule is CC(C)C[C@@H]1C(=O)NCCN1Cc1cn(C)c(=O)n(C)c1=O. The summed E-state index contributed by atoms with van der Waals surface area (Å²) < 4.78 is 2.51. The van der Waals surface area contributed by atoms with Crippen molar-refractivity contribution in [3.63, 3.8) is 0 Å². The summed E-state index contributed by atoms with van der Waals surface area (Å²) >= 11 is 0. The first-order valence-electron chi connectivity index (χ1n) is 7.58. The Bertz CT molecular complexity index is 674. The lowest BCUT2D eigenvalue weighted by Gasteiger charge is -2.35. The maximum Gasteiger partial charge on any atom is 0.330 e. The van der Waals surface area contributed by atoms with E-state index in [1.807, 2.05) is 4.90 Å². The van der Waals surface area contributed by atoms with E-state index < -0.39 is 0 Å². The van der Waals surface area contributed by atoms with Crippen LogP contribution in [0.2, 0.25) is 0 Å². The molecule has 2 rings (SSSR count). The van der Waals surface area contributed by atoms with E-state index in [4.69, 9.17) is 0 Å². The first-order chi connectivity index (χ1) is 10.3. The van der Waals surface area contributed by atoms with Crippen molar-refractivity contribution in [1.82, 2.24) is 19.4 Å². The van der Waals surface area contributed by atoms with E-state index >= 15 is 0 Å². The van der Waals surface area contributed by atoms with E-state index in [2.05, 4.69) is 19.2 Å². The van der Waals surface area contributed by atoms with Crippen molar-refractivity contribution in [2.24, 2.45) is 20.0 Å². The van der Waals surface area contributed by atoms with Crippen LogP contribution in [0.4, 0.5) is 0 Å². The average molecular weight is 308 g/mol. The number of aryl methyl sites for hydroxylation is 1. The first kappa shape index (κ1) is 16.5. The van der Waals surface area contributed by atoms with Crippen LogP contribution in [0.1, 0.15) is 25.8 Å². The average Bonchev–Trinajstić information content (AvgIpc) is 2.45. The van der Waals surface area contributed by atoms with E-state index in [9.17, 15) is 14.4 Å². The van der Waals surface area contributed by atoms with Crippen LogP contribution in [0.5, 0.6) is 0 Å². The summed E-state index contributed by atoms with van der Waals surface area (Å²) in [5.41, 5.74) is -0.102. The quantitative estimate of drug-likeness (QED) is 0.808. The maximum atomic E-state index is 12.2. The molecule has 7 heteroatoms. The zero-order chi connectivity index (χ0) is 16.4. The molecule has 1 atom stereocenters. The molecule has 1 aliphatic rings. The lowest BCUT2D eigenvalue weighted by molar-refractivity contribution is -0.130. The minimum atomic E-state index is -0.344. The molecule has 0 aliphatic carbocycles. The fourth-order valence-corrected chi connectivity index (χ4v) is 2.86. The van der Waals surface area contributed by atoms with Crippen LogP contribution >= 0.6 is 0 Å². The molecule has 1 amide bonds. The van der Waals surface area contributed by atoms with Crippen molar-refractivity contribution in [3.8, 4) is 0 Å². The highest BCUT2D eigenvalue weighted by Gasteiger charge is 2.30. The Labute approximate surface area is 129 Å². The normalized spacial score (nSPS) is 19.5. The standard InChI is InChI=1S/C15H24N4O3/c1-10(2)7-12-13(20)16-5-6-19(12)9-11-8-17(3)15(22)18(4)14(11)21/h8,10,12H,5-7,9H2,1-4H3,(H,16,20)/t12-/m1/s1. The number of piperazine rings is 1. The second kappa shape index (κ2) is 6.48. The summed E-state index contributed by atoms with van der Waals surface area (Å²) in [7, 11) is 3.10. The highest BCUT2D eigenvalue weighted by Crippen LogP contribution is 2.16. The van der Waals surface area contributed by atoms with Gasteiger partial charge in [0.25, 0.3) is 5.56 Å². The zero-order valence-corrected chi connectivity index (χ0v) is 13.6. The van der Waals surface area contributed by atoms with Crippen LogP contribution < -0.4 is 16.6 Å². The number of carbonyl (C=O) groups is 1. The molecular formula is C15H24N4O3. The summed E-state index contributed by atoms with van der Waals surface area (Å²) in [5.74, 6) is 0.404. The Morgan fingerprint density at radius 1 is 1.27 bits per heavy atom. The molecule has 1 saturated heterocycles. The maximum absolute atomic E-state index is 12.2. The number of amides is 1. The fourth-order valence-electron chi connectivity index (χ4n) is 2.86. The van der Waals surface area contributed by atoms with Gasteiger partial charge >= 0.3 is 5.69 Å². The Balaban J connectivity index is 2.30. The Hall–Kier alpha value is -1.89. The summed E-state index contributed by atoms with van der Waals surface area (Å²) in [6.45, 7) is 5.82. The van der Waals surface area contributed by atoms with Gasteiger partial charge in [-0.05, 0) is 12.3 Å². The van der Waals surface area contributed by atoms with E-state index in [1.165, 1.54) is 11.6 Å². The highest BCUT2D eigenvalue weighted by molar-refractivity contribution is 5.82. The van der Waals surface area contributed by atoms with Crippen molar-refractivity contribution >= 4 is 5.91 Å². The van der Waals surface area contributed by atoms with Crippen LogP contribution in [0.25, 0.3) is 0 Å². The molecule has 0 saturated carbocycles. The molecule has 1 aromatic rings. The number of hydrogen-bond acceptors (Lipinski definition) is 4. The van der Waals surface area contributed by atoms with Gasteiger partial charge in [-0.2, -0.15) is 0 Å². The third kappa shape index (κ3) is 3.30. The third-order valence-corrected chi connectivity index (χ3v) is 4.03. The monoisotopic (exact) mass is 308 g/mol. The smallest absolute Gasteiger partial charge is 0.330 e. The summed E-state index contributed by atoms with van der Waals surface area (Å²) in [5, 5.41) is 2.88. The lowest BCUT2D eigenvalue weighted by atomic mass is 9.99. The second-order valence-corrected chi connectivity index (χ2v) is 6.32. The van der Waals surface area contributed by atoms with Gasteiger partial charge < -0.3 is 9.88 Å². The van der Waals surface area contributed by atoms with Gasteiger partial charge in [0.1, 0.15) is 0 Å². The molecule has 0 aromatic carbocycles. The Morgan fingerprint density at radius 2 is 1.95 bits per heavy atom. The van der Waals surface area contributed by atoms with Gasteiger partial charge in [0.2, 0.25) is 5.91 Å². The predicted octanol–water partition coefficient (Wildman–Crippen LogP) is -0.569. The third-order valence-electron chi connectivity index (χ3n) is 4.03. The Morgan fingerprint density at radius 3 is 2.59 bits per heavy atom. The van der Waals surface area contributed by atoms with Crippen LogP contribution in [0.15, 0.2) is 15.8 Å². The molecule has 122 valence electrons. The van der Waals surface area contributed by atoms with Crippen LogP contribution in [-0.4, -0.2) is 39.1 Å².